The van der Waals surface area contributed by atoms with E-state index in [0.717, 1.165) is 9.35 Å². The predicted octanol–water partition coefficient (Wildman–Crippen LogP) is 4.59. The maximum Gasteiger partial charge on any atom is 0.168 e. The smallest absolute Gasteiger partial charge is 0.168 e. The van der Waals surface area contributed by atoms with Crippen LogP contribution in [0.4, 0.5) is 0 Å². The first-order chi connectivity index (χ1) is 7.65. The van der Waals surface area contributed by atoms with Gasteiger partial charge in [-0.1, -0.05) is 23.7 Å². The molecule has 1 heterocycles. The number of hydrogen-bond donors (Lipinski definition) is 0. The molecule has 0 N–H and O–H groups in total. The van der Waals surface area contributed by atoms with Gasteiger partial charge in [0.25, 0.3) is 0 Å². The standard InChI is InChI=1S/C12H8BrClOS/c13-9-5-11(16-7-9)6-12(15)8-2-1-3-10(14)4-8/h1-5,7H,6H2. The minimum absolute atomic E-state index is 0.0943. The number of carbonyl (C=O) groups excluding carboxylic acids is 1. The first-order valence-electron chi connectivity index (χ1n) is 4.67. The van der Waals surface area contributed by atoms with Gasteiger partial charge in [-0.2, -0.15) is 0 Å². The first kappa shape index (κ1) is 11.8. The van der Waals surface area contributed by atoms with Crippen molar-refractivity contribution in [1.82, 2.24) is 0 Å². The highest BCUT2D eigenvalue weighted by Gasteiger charge is 2.08. The molecule has 1 nitrogen and oxygen atoms in total. The number of ketones is 1. The molecular formula is C12H8BrClOS. The quantitative estimate of drug-likeness (QED) is 0.757. The van der Waals surface area contributed by atoms with Gasteiger partial charge in [-0.25, -0.2) is 0 Å². The Kier molecular flexibility index (Phi) is 3.79. The molecule has 0 saturated carbocycles. The monoisotopic (exact) mass is 314 g/mol. The summed E-state index contributed by atoms with van der Waals surface area (Å²) in [6.07, 6.45) is 0.427. The van der Waals surface area contributed by atoms with Crippen molar-refractivity contribution in [1.29, 1.82) is 0 Å². The van der Waals surface area contributed by atoms with Gasteiger partial charge in [0.1, 0.15) is 0 Å². The lowest BCUT2D eigenvalue weighted by Crippen LogP contribution is -2.01. The highest BCUT2D eigenvalue weighted by atomic mass is 79.9. The average Bonchev–Trinajstić information content (AvgIpc) is 2.64. The van der Waals surface area contributed by atoms with E-state index in [0.29, 0.717) is 17.0 Å². The summed E-state index contributed by atoms with van der Waals surface area (Å²) in [7, 11) is 0. The summed E-state index contributed by atoms with van der Waals surface area (Å²) in [4.78, 5) is 13.0. The van der Waals surface area contributed by atoms with Crippen LogP contribution in [0.2, 0.25) is 5.02 Å². The van der Waals surface area contributed by atoms with Crippen LogP contribution in [0.15, 0.2) is 40.2 Å². The number of benzene rings is 1. The fraction of sp³-hybridized carbons (Fsp3) is 0.0833. The molecule has 0 radical (unpaired) electrons. The van der Waals surface area contributed by atoms with Gasteiger partial charge in [0.15, 0.2) is 5.78 Å². The maximum absolute atomic E-state index is 11.9. The number of Topliss-reactive ketones (excluding diaryl/α,β-unsaturated/α-hetero) is 1. The second kappa shape index (κ2) is 5.13. The molecular weight excluding hydrogens is 308 g/mol. The topological polar surface area (TPSA) is 17.1 Å². The molecule has 4 heteroatoms. The Balaban J connectivity index is 2.14. The lowest BCUT2D eigenvalue weighted by Gasteiger charge is -1.99. The number of halogens is 2. The van der Waals surface area contributed by atoms with Crippen LogP contribution in [0, 0.1) is 0 Å². The normalized spacial score (nSPS) is 10.4. The fourth-order valence-corrected chi connectivity index (χ4v) is 3.01. The molecule has 1 aromatic heterocycles. The van der Waals surface area contributed by atoms with Crippen molar-refractivity contribution in [2.75, 3.05) is 0 Å². The van der Waals surface area contributed by atoms with E-state index >= 15 is 0 Å². The van der Waals surface area contributed by atoms with Gasteiger partial charge in [-0.05, 0) is 34.1 Å². The van der Waals surface area contributed by atoms with E-state index in [-0.39, 0.29) is 5.78 Å². The number of carbonyl (C=O) groups is 1. The number of rotatable bonds is 3. The Morgan fingerprint density at radius 1 is 1.38 bits per heavy atom. The fourth-order valence-electron chi connectivity index (χ4n) is 1.37. The molecule has 0 bridgehead atoms. The zero-order valence-electron chi connectivity index (χ0n) is 8.24. The van der Waals surface area contributed by atoms with E-state index in [4.69, 9.17) is 11.6 Å². The number of hydrogen-bond acceptors (Lipinski definition) is 2. The van der Waals surface area contributed by atoms with Crippen molar-refractivity contribution in [2.24, 2.45) is 0 Å². The summed E-state index contributed by atoms with van der Waals surface area (Å²) >= 11 is 10.8. The molecule has 0 aliphatic heterocycles. The molecule has 0 aliphatic rings. The van der Waals surface area contributed by atoms with Crippen LogP contribution in [0.5, 0.6) is 0 Å². The Morgan fingerprint density at radius 3 is 2.81 bits per heavy atom. The Labute approximate surface area is 111 Å². The second-order valence-electron chi connectivity index (χ2n) is 3.34. The third kappa shape index (κ3) is 2.94. The molecule has 16 heavy (non-hydrogen) atoms. The van der Waals surface area contributed by atoms with Gasteiger partial charge in [-0.3, -0.25) is 4.79 Å². The minimum Gasteiger partial charge on any atom is -0.294 e. The van der Waals surface area contributed by atoms with Gasteiger partial charge in [-0.15, -0.1) is 11.3 Å². The molecule has 0 unspecified atom stereocenters. The summed E-state index contributed by atoms with van der Waals surface area (Å²) in [5.74, 6) is 0.0943. The molecule has 0 fully saturated rings. The van der Waals surface area contributed by atoms with Crippen LogP contribution in [0.3, 0.4) is 0 Å². The largest absolute Gasteiger partial charge is 0.294 e. The zero-order chi connectivity index (χ0) is 11.5. The third-order valence-electron chi connectivity index (χ3n) is 2.10. The lowest BCUT2D eigenvalue weighted by molar-refractivity contribution is 0.0994. The Hall–Kier alpha value is -0.640. The molecule has 0 amide bonds. The van der Waals surface area contributed by atoms with Gasteiger partial charge in [0, 0.05) is 31.7 Å². The molecule has 0 aliphatic carbocycles. The SMILES string of the molecule is O=C(Cc1cc(Br)cs1)c1cccc(Cl)c1. The summed E-state index contributed by atoms with van der Waals surface area (Å²) in [6, 6.07) is 9.01. The minimum atomic E-state index is 0.0943. The van der Waals surface area contributed by atoms with Crippen molar-refractivity contribution >= 4 is 44.7 Å². The van der Waals surface area contributed by atoms with E-state index in [2.05, 4.69) is 15.9 Å². The highest BCUT2D eigenvalue weighted by Crippen LogP contribution is 2.21. The van der Waals surface area contributed by atoms with E-state index in [9.17, 15) is 4.79 Å². The van der Waals surface area contributed by atoms with Gasteiger partial charge < -0.3 is 0 Å². The van der Waals surface area contributed by atoms with Crippen molar-refractivity contribution in [2.45, 2.75) is 6.42 Å². The van der Waals surface area contributed by atoms with Crippen LogP contribution in [0.1, 0.15) is 15.2 Å². The molecule has 82 valence electrons. The van der Waals surface area contributed by atoms with E-state index in [1.807, 2.05) is 11.4 Å². The molecule has 2 rings (SSSR count). The highest BCUT2D eigenvalue weighted by molar-refractivity contribution is 9.10. The van der Waals surface area contributed by atoms with E-state index < -0.39 is 0 Å². The van der Waals surface area contributed by atoms with Crippen LogP contribution >= 0.6 is 38.9 Å². The van der Waals surface area contributed by atoms with Gasteiger partial charge >= 0.3 is 0 Å². The van der Waals surface area contributed by atoms with Gasteiger partial charge in [0.2, 0.25) is 0 Å². The molecule has 0 atom stereocenters. The van der Waals surface area contributed by atoms with Crippen molar-refractivity contribution in [3.05, 3.63) is 55.6 Å². The van der Waals surface area contributed by atoms with Crippen LogP contribution in [0.25, 0.3) is 0 Å². The molecule has 0 spiro atoms. The first-order valence-corrected chi connectivity index (χ1v) is 6.72. The summed E-state index contributed by atoms with van der Waals surface area (Å²) in [5.41, 5.74) is 0.664. The third-order valence-corrected chi connectivity index (χ3v) is 4.04. The van der Waals surface area contributed by atoms with E-state index in [1.165, 1.54) is 0 Å². The van der Waals surface area contributed by atoms with Crippen LogP contribution < -0.4 is 0 Å². The summed E-state index contributed by atoms with van der Waals surface area (Å²) < 4.78 is 1.02. The molecule has 1 aromatic carbocycles. The maximum atomic E-state index is 11.9. The molecule has 2 aromatic rings. The van der Waals surface area contributed by atoms with E-state index in [1.54, 1.807) is 35.6 Å². The van der Waals surface area contributed by atoms with Crippen LogP contribution in [-0.2, 0) is 6.42 Å². The number of thiophene rings is 1. The van der Waals surface area contributed by atoms with Crippen molar-refractivity contribution in [3.8, 4) is 0 Å². The Bertz CT molecular complexity index is 521. The predicted molar refractivity (Wildman–Crippen MR) is 71.5 cm³/mol. The van der Waals surface area contributed by atoms with Crippen molar-refractivity contribution in [3.63, 3.8) is 0 Å². The average molecular weight is 316 g/mol. The zero-order valence-corrected chi connectivity index (χ0v) is 11.4. The second-order valence-corrected chi connectivity index (χ2v) is 5.69. The van der Waals surface area contributed by atoms with Crippen LogP contribution in [-0.4, -0.2) is 5.78 Å². The van der Waals surface area contributed by atoms with Crippen molar-refractivity contribution < 1.29 is 4.79 Å². The Morgan fingerprint density at radius 2 is 2.19 bits per heavy atom. The van der Waals surface area contributed by atoms with Gasteiger partial charge in [0.05, 0.1) is 0 Å². The lowest BCUT2D eigenvalue weighted by atomic mass is 10.1. The summed E-state index contributed by atoms with van der Waals surface area (Å²) in [6.45, 7) is 0. The summed E-state index contributed by atoms with van der Waals surface area (Å²) in [5, 5.41) is 2.57. The molecule has 0 saturated heterocycles.